The van der Waals surface area contributed by atoms with Crippen LogP contribution in [0, 0.1) is 5.92 Å². The molecule has 20 heavy (non-hydrogen) atoms. The van der Waals surface area contributed by atoms with Crippen molar-refractivity contribution in [1.82, 2.24) is 5.32 Å². The second-order valence-electron chi connectivity index (χ2n) is 6.89. The molecule has 1 aromatic rings. The molecule has 0 aromatic heterocycles. The topological polar surface area (TPSA) is 12.0 Å². The number of rotatable bonds is 5. The molecule has 0 bridgehead atoms. The highest BCUT2D eigenvalue weighted by atomic mass is 14.9. The molecule has 2 aliphatic carbocycles. The summed E-state index contributed by atoms with van der Waals surface area (Å²) in [6.07, 6.45) is 11.4. The van der Waals surface area contributed by atoms with Crippen molar-refractivity contribution in [2.75, 3.05) is 0 Å². The van der Waals surface area contributed by atoms with Crippen LogP contribution in [0.5, 0.6) is 0 Å². The molecule has 3 rings (SSSR count). The summed E-state index contributed by atoms with van der Waals surface area (Å²) in [6.45, 7) is 3.46. The molecule has 0 spiro atoms. The van der Waals surface area contributed by atoms with Crippen molar-refractivity contribution in [2.24, 2.45) is 5.92 Å². The Bertz CT molecular complexity index is 414. The van der Waals surface area contributed by atoms with Gasteiger partial charge in [-0.2, -0.15) is 0 Å². The van der Waals surface area contributed by atoms with Crippen molar-refractivity contribution >= 4 is 0 Å². The van der Waals surface area contributed by atoms with Crippen LogP contribution in [0.4, 0.5) is 0 Å². The molecule has 0 unspecified atom stereocenters. The molecule has 0 radical (unpaired) electrons. The van der Waals surface area contributed by atoms with Gasteiger partial charge in [-0.3, -0.25) is 0 Å². The number of nitrogens with one attached hydrogen (secondary N) is 1. The lowest BCUT2D eigenvalue weighted by Gasteiger charge is -2.24. The standard InChI is InChI=1S/C19H29N/c1-15(16-8-4-2-3-5-9-16)20-14-18-10-6-7-11-19(18)17-12-13-17/h6-7,10-11,15-17,20H,2-5,8-9,12-14H2,1H3/t15-/m0/s1. The lowest BCUT2D eigenvalue weighted by atomic mass is 9.92. The van der Waals surface area contributed by atoms with E-state index in [9.17, 15) is 0 Å². The zero-order valence-electron chi connectivity index (χ0n) is 12.9. The van der Waals surface area contributed by atoms with Crippen molar-refractivity contribution in [3.8, 4) is 0 Å². The first-order valence-corrected chi connectivity index (χ1v) is 8.66. The van der Waals surface area contributed by atoms with Gasteiger partial charge >= 0.3 is 0 Å². The van der Waals surface area contributed by atoms with Crippen LogP contribution in [-0.4, -0.2) is 6.04 Å². The molecule has 1 N–H and O–H groups in total. The minimum Gasteiger partial charge on any atom is -0.310 e. The van der Waals surface area contributed by atoms with Crippen LogP contribution >= 0.6 is 0 Å². The highest BCUT2D eigenvalue weighted by Gasteiger charge is 2.26. The predicted octanol–water partition coefficient (Wildman–Crippen LogP) is 5.01. The molecule has 1 atom stereocenters. The number of hydrogen-bond acceptors (Lipinski definition) is 1. The molecule has 0 amide bonds. The van der Waals surface area contributed by atoms with E-state index in [-0.39, 0.29) is 0 Å². The van der Waals surface area contributed by atoms with E-state index < -0.39 is 0 Å². The van der Waals surface area contributed by atoms with Crippen LogP contribution < -0.4 is 5.32 Å². The van der Waals surface area contributed by atoms with Gasteiger partial charge in [-0.05, 0) is 55.6 Å². The van der Waals surface area contributed by atoms with E-state index in [1.54, 1.807) is 5.56 Å². The van der Waals surface area contributed by atoms with Crippen molar-refractivity contribution < 1.29 is 0 Å². The third-order valence-corrected chi connectivity index (χ3v) is 5.29. The van der Waals surface area contributed by atoms with E-state index in [2.05, 4.69) is 36.5 Å². The molecule has 2 aliphatic rings. The molecule has 0 saturated heterocycles. The van der Waals surface area contributed by atoms with Crippen molar-refractivity contribution in [3.63, 3.8) is 0 Å². The Morgan fingerprint density at radius 3 is 2.40 bits per heavy atom. The third kappa shape index (κ3) is 3.63. The van der Waals surface area contributed by atoms with Gasteiger partial charge in [-0.25, -0.2) is 0 Å². The average molecular weight is 271 g/mol. The third-order valence-electron chi connectivity index (χ3n) is 5.29. The summed E-state index contributed by atoms with van der Waals surface area (Å²) < 4.78 is 0. The van der Waals surface area contributed by atoms with Crippen LogP contribution in [0.25, 0.3) is 0 Å². The zero-order valence-corrected chi connectivity index (χ0v) is 12.9. The number of benzene rings is 1. The van der Waals surface area contributed by atoms with E-state index in [4.69, 9.17) is 0 Å². The fourth-order valence-electron chi connectivity index (χ4n) is 3.74. The van der Waals surface area contributed by atoms with E-state index in [1.165, 1.54) is 56.9 Å². The summed E-state index contributed by atoms with van der Waals surface area (Å²) in [5.74, 6) is 1.76. The Labute approximate surface area is 124 Å². The second-order valence-corrected chi connectivity index (χ2v) is 6.89. The average Bonchev–Trinajstić information content (AvgIpc) is 3.31. The minimum atomic E-state index is 0.667. The van der Waals surface area contributed by atoms with Gasteiger partial charge in [0.25, 0.3) is 0 Å². The highest BCUT2D eigenvalue weighted by Crippen LogP contribution is 2.41. The van der Waals surface area contributed by atoms with Gasteiger partial charge < -0.3 is 5.32 Å². The fourth-order valence-corrected chi connectivity index (χ4v) is 3.74. The van der Waals surface area contributed by atoms with Crippen LogP contribution in [-0.2, 0) is 6.54 Å². The largest absolute Gasteiger partial charge is 0.310 e. The lowest BCUT2D eigenvalue weighted by Crippen LogP contribution is -2.33. The van der Waals surface area contributed by atoms with Gasteiger partial charge in [-0.1, -0.05) is 49.9 Å². The molecule has 2 saturated carbocycles. The maximum absolute atomic E-state index is 3.82. The molecule has 0 heterocycles. The van der Waals surface area contributed by atoms with E-state index in [0.29, 0.717) is 6.04 Å². The maximum Gasteiger partial charge on any atom is 0.0210 e. The summed E-state index contributed by atoms with van der Waals surface area (Å²) in [4.78, 5) is 0. The van der Waals surface area contributed by atoms with Gasteiger partial charge in [0.1, 0.15) is 0 Å². The van der Waals surface area contributed by atoms with Gasteiger partial charge in [0.2, 0.25) is 0 Å². The first-order chi connectivity index (χ1) is 9.84. The summed E-state index contributed by atoms with van der Waals surface area (Å²) in [6, 6.07) is 9.72. The lowest BCUT2D eigenvalue weighted by molar-refractivity contribution is 0.336. The van der Waals surface area contributed by atoms with Crippen LogP contribution in [0.15, 0.2) is 24.3 Å². The Morgan fingerprint density at radius 1 is 1.00 bits per heavy atom. The zero-order chi connectivity index (χ0) is 13.8. The van der Waals surface area contributed by atoms with Gasteiger partial charge in [-0.15, -0.1) is 0 Å². The van der Waals surface area contributed by atoms with Crippen LogP contribution in [0.3, 0.4) is 0 Å². The smallest absolute Gasteiger partial charge is 0.0210 e. The molecule has 1 heteroatoms. The van der Waals surface area contributed by atoms with E-state index in [1.807, 2.05) is 0 Å². The summed E-state index contributed by atoms with van der Waals surface area (Å²) in [7, 11) is 0. The van der Waals surface area contributed by atoms with Crippen molar-refractivity contribution in [1.29, 1.82) is 0 Å². The predicted molar refractivity (Wildman–Crippen MR) is 85.9 cm³/mol. The molecular formula is C19H29N. The summed E-state index contributed by atoms with van der Waals surface area (Å²) in [5.41, 5.74) is 3.14. The number of hydrogen-bond donors (Lipinski definition) is 1. The van der Waals surface area contributed by atoms with Crippen molar-refractivity contribution in [2.45, 2.75) is 76.8 Å². The fraction of sp³-hybridized carbons (Fsp3) is 0.684. The first kappa shape index (κ1) is 14.1. The summed E-state index contributed by atoms with van der Waals surface area (Å²) in [5, 5.41) is 3.82. The van der Waals surface area contributed by atoms with Crippen molar-refractivity contribution in [3.05, 3.63) is 35.4 Å². The Kier molecular flexibility index (Phi) is 4.77. The quantitative estimate of drug-likeness (QED) is 0.742. The monoisotopic (exact) mass is 271 g/mol. The van der Waals surface area contributed by atoms with E-state index >= 15 is 0 Å². The molecule has 110 valence electrons. The Hall–Kier alpha value is -0.820. The summed E-state index contributed by atoms with van der Waals surface area (Å²) >= 11 is 0. The minimum absolute atomic E-state index is 0.667. The van der Waals surface area contributed by atoms with E-state index in [0.717, 1.165) is 18.4 Å². The first-order valence-electron chi connectivity index (χ1n) is 8.66. The molecule has 0 aliphatic heterocycles. The second kappa shape index (κ2) is 6.76. The van der Waals surface area contributed by atoms with Gasteiger partial charge in [0.15, 0.2) is 0 Å². The Balaban J connectivity index is 1.55. The highest BCUT2D eigenvalue weighted by molar-refractivity contribution is 5.33. The van der Waals surface area contributed by atoms with Crippen LogP contribution in [0.2, 0.25) is 0 Å². The molecular weight excluding hydrogens is 242 g/mol. The van der Waals surface area contributed by atoms with Crippen LogP contribution in [0.1, 0.15) is 75.3 Å². The molecule has 1 aromatic carbocycles. The SMILES string of the molecule is C[C@H](NCc1ccccc1C1CC1)C1CCCCCC1. The molecule has 2 fully saturated rings. The Morgan fingerprint density at radius 2 is 1.70 bits per heavy atom. The maximum atomic E-state index is 3.82. The normalized spacial score (nSPS) is 22.4. The van der Waals surface area contributed by atoms with Gasteiger partial charge in [0, 0.05) is 12.6 Å². The van der Waals surface area contributed by atoms with Gasteiger partial charge in [0.05, 0.1) is 0 Å². The molecule has 1 nitrogen and oxygen atoms in total.